The van der Waals surface area contributed by atoms with Crippen molar-refractivity contribution in [3.8, 4) is 0 Å². The summed E-state index contributed by atoms with van der Waals surface area (Å²) in [6.07, 6.45) is 1.65. The van der Waals surface area contributed by atoms with Crippen molar-refractivity contribution in [2.75, 3.05) is 35.4 Å². The van der Waals surface area contributed by atoms with Crippen molar-refractivity contribution < 1.29 is 14.4 Å². The van der Waals surface area contributed by atoms with E-state index >= 15 is 0 Å². The van der Waals surface area contributed by atoms with E-state index in [1.165, 1.54) is 11.8 Å². The molecule has 5 aromatic carbocycles. The molecule has 0 bridgehead atoms. The summed E-state index contributed by atoms with van der Waals surface area (Å²) in [4.78, 5) is 41.8. The zero-order valence-electron chi connectivity index (χ0n) is 24.4. The number of benzene rings is 5. The molecule has 0 atom stereocenters. The number of rotatable bonds is 10. The number of hydrogen-bond acceptors (Lipinski definition) is 5. The standard InChI is InChI=1S/C36H32N4O3S/c1-40(2)29-19-15-25(16-20-29)23-33(39-35(42)27-10-4-3-5-11-27)36(43)37-28-17-21-30(22-18-28)44-24-34(41)38-32-14-8-12-26-9-6-7-13-31(26)32/h3-23H,24H2,1-2H3,(H,37,43)(H,38,41)(H,39,42)/b33-23-. The van der Waals surface area contributed by atoms with Crippen LogP contribution in [0.25, 0.3) is 16.8 Å². The molecule has 0 aliphatic rings. The van der Waals surface area contributed by atoms with Gasteiger partial charge in [0.05, 0.1) is 5.75 Å². The lowest BCUT2D eigenvalue weighted by molar-refractivity contribution is -0.114. The third-order valence-corrected chi connectivity index (χ3v) is 7.81. The van der Waals surface area contributed by atoms with Crippen molar-refractivity contribution in [2.45, 2.75) is 4.90 Å². The Kier molecular flexibility index (Phi) is 9.74. The van der Waals surface area contributed by atoms with Crippen LogP contribution in [0, 0.1) is 0 Å². The predicted molar refractivity (Wildman–Crippen MR) is 181 cm³/mol. The molecule has 0 saturated carbocycles. The van der Waals surface area contributed by atoms with E-state index in [-0.39, 0.29) is 23.3 Å². The molecule has 0 heterocycles. The van der Waals surface area contributed by atoms with Crippen LogP contribution in [-0.4, -0.2) is 37.6 Å². The van der Waals surface area contributed by atoms with Crippen LogP contribution in [-0.2, 0) is 9.59 Å². The maximum atomic E-state index is 13.4. The van der Waals surface area contributed by atoms with Crippen molar-refractivity contribution in [3.05, 3.63) is 138 Å². The number of amides is 3. The Morgan fingerprint density at radius 2 is 1.41 bits per heavy atom. The van der Waals surface area contributed by atoms with Gasteiger partial charge < -0.3 is 20.9 Å². The molecule has 0 spiro atoms. The average Bonchev–Trinajstić information content (AvgIpc) is 3.05. The van der Waals surface area contributed by atoms with E-state index in [1.807, 2.05) is 104 Å². The fourth-order valence-electron chi connectivity index (χ4n) is 4.48. The van der Waals surface area contributed by atoms with Gasteiger partial charge in [0.2, 0.25) is 5.91 Å². The van der Waals surface area contributed by atoms with E-state index in [1.54, 1.807) is 42.5 Å². The molecule has 8 heteroatoms. The Morgan fingerprint density at radius 1 is 0.727 bits per heavy atom. The minimum absolute atomic E-state index is 0.105. The van der Waals surface area contributed by atoms with Gasteiger partial charge in [-0.3, -0.25) is 14.4 Å². The molecule has 3 amide bonds. The Hall–Kier alpha value is -5.34. The smallest absolute Gasteiger partial charge is 0.272 e. The van der Waals surface area contributed by atoms with E-state index in [2.05, 4.69) is 16.0 Å². The summed E-state index contributed by atoms with van der Waals surface area (Å²) in [5.41, 5.74) is 3.68. The molecule has 0 saturated heterocycles. The maximum Gasteiger partial charge on any atom is 0.272 e. The van der Waals surface area contributed by atoms with E-state index in [4.69, 9.17) is 0 Å². The van der Waals surface area contributed by atoms with Gasteiger partial charge in [-0.1, -0.05) is 66.7 Å². The van der Waals surface area contributed by atoms with E-state index in [0.717, 1.165) is 32.6 Å². The van der Waals surface area contributed by atoms with Crippen LogP contribution in [0.4, 0.5) is 17.1 Å². The number of nitrogens with one attached hydrogen (secondary N) is 3. The summed E-state index contributed by atoms with van der Waals surface area (Å²) in [7, 11) is 3.91. The molecule has 5 aromatic rings. The normalized spacial score (nSPS) is 11.1. The Morgan fingerprint density at radius 3 is 2.14 bits per heavy atom. The van der Waals surface area contributed by atoms with Crippen LogP contribution in [0.2, 0.25) is 0 Å². The number of nitrogens with zero attached hydrogens (tertiary/aromatic N) is 1. The SMILES string of the molecule is CN(C)c1ccc(/C=C(\NC(=O)c2ccccc2)C(=O)Nc2ccc(SCC(=O)Nc3cccc4ccccc34)cc2)cc1. The van der Waals surface area contributed by atoms with Crippen LogP contribution < -0.4 is 20.9 Å². The van der Waals surface area contributed by atoms with E-state index in [0.29, 0.717) is 11.3 Å². The largest absolute Gasteiger partial charge is 0.378 e. The van der Waals surface area contributed by atoms with Gasteiger partial charge in [0.25, 0.3) is 11.8 Å². The van der Waals surface area contributed by atoms with E-state index in [9.17, 15) is 14.4 Å². The Bertz CT molecular complexity index is 1800. The van der Waals surface area contributed by atoms with Crippen LogP contribution in [0.1, 0.15) is 15.9 Å². The summed E-state index contributed by atoms with van der Waals surface area (Å²) < 4.78 is 0. The van der Waals surface area contributed by atoms with Crippen molar-refractivity contribution in [1.82, 2.24) is 5.32 Å². The van der Waals surface area contributed by atoms with Crippen LogP contribution in [0.15, 0.2) is 132 Å². The van der Waals surface area contributed by atoms with Gasteiger partial charge in [0.15, 0.2) is 0 Å². The minimum atomic E-state index is -0.458. The van der Waals surface area contributed by atoms with Crippen molar-refractivity contribution in [3.63, 3.8) is 0 Å². The highest BCUT2D eigenvalue weighted by Gasteiger charge is 2.15. The van der Waals surface area contributed by atoms with Gasteiger partial charge in [-0.05, 0) is 71.6 Å². The van der Waals surface area contributed by atoms with Gasteiger partial charge in [-0.25, -0.2) is 0 Å². The maximum absolute atomic E-state index is 13.4. The van der Waals surface area contributed by atoms with E-state index < -0.39 is 5.91 Å². The number of hydrogen-bond donors (Lipinski definition) is 3. The molecular formula is C36H32N4O3S. The number of carbonyl (C=O) groups is 3. The molecule has 0 aliphatic carbocycles. The Balaban J connectivity index is 1.23. The zero-order valence-corrected chi connectivity index (χ0v) is 25.2. The van der Waals surface area contributed by atoms with Gasteiger partial charge in [0.1, 0.15) is 5.70 Å². The molecule has 44 heavy (non-hydrogen) atoms. The summed E-state index contributed by atoms with van der Waals surface area (Å²) in [5, 5.41) is 10.7. The summed E-state index contributed by atoms with van der Waals surface area (Å²) in [6, 6.07) is 37.4. The highest BCUT2D eigenvalue weighted by atomic mass is 32.2. The molecule has 3 N–H and O–H groups in total. The van der Waals surface area contributed by atoms with Gasteiger partial charge in [0, 0.05) is 47.0 Å². The lowest BCUT2D eigenvalue weighted by atomic mass is 10.1. The number of anilines is 3. The monoisotopic (exact) mass is 600 g/mol. The fourth-order valence-corrected chi connectivity index (χ4v) is 5.18. The summed E-state index contributed by atoms with van der Waals surface area (Å²) in [6.45, 7) is 0. The van der Waals surface area contributed by atoms with Gasteiger partial charge in [-0.2, -0.15) is 0 Å². The molecule has 0 radical (unpaired) electrons. The fraction of sp³-hybridized carbons (Fsp3) is 0.0833. The van der Waals surface area contributed by atoms with Crippen molar-refractivity contribution in [1.29, 1.82) is 0 Å². The van der Waals surface area contributed by atoms with Crippen LogP contribution in [0.5, 0.6) is 0 Å². The van der Waals surface area contributed by atoms with Gasteiger partial charge in [-0.15, -0.1) is 11.8 Å². The van der Waals surface area contributed by atoms with Crippen LogP contribution in [0.3, 0.4) is 0 Å². The van der Waals surface area contributed by atoms with Crippen LogP contribution >= 0.6 is 11.8 Å². The molecular weight excluding hydrogens is 568 g/mol. The molecule has 0 unspecified atom stereocenters. The molecule has 0 aliphatic heterocycles. The third kappa shape index (κ3) is 7.93. The molecule has 220 valence electrons. The third-order valence-electron chi connectivity index (χ3n) is 6.80. The molecule has 7 nitrogen and oxygen atoms in total. The Labute approximate surface area is 261 Å². The van der Waals surface area contributed by atoms with Gasteiger partial charge >= 0.3 is 0 Å². The molecule has 0 aromatic heterocycles. The first-order chi connectivity index (χ1) is 21.4. The zero-order chi connectivity index (χ0) is 30.9. The molecule has 5 rings (SSSR count). The first kappa shape index (κ1) is 30.1. The first-order valence-electron chi connectivity index (χ1n) is 14.0. The lowest BCUT2D eigenvalue weighted by Gasteiger charge is -2.13. The quantitative estimate of drug-likeness (QED) is 0.118. The first-order valence-corrected chi connectivity index (χ1v) is 15.0. The van der Waals surface area contributed by atoms with Crippen molar-refractivity contribution in [2.24, 2.45) is 0 Å². The molecule has 0 fully saturated rings. The second kappa shape index (κ2) is 14.2. The number of carbonyl (C=O) groups excluding carboxylic acids is 3. The second-order valence-corrected chi connectivity index (χ2v) is 11.3. The predicted octanol–water partition coefficient (Wildman–Crippen LogP) is 7.05. The number of thioether (sulfide) groups is 1. The number of fused-ring (bicyclic) bond motifs is 1. The average molecular weight is 601 g/mol. The summed E-state index contributed by atoms with van der Waals surface area (Å²) >= 11 is 1.40. The van der Waals surface area contributed by atoms with Crippen molar-refractivity contribution >= 4 is 63.4 Å². The highest BCUT2D eigenvalue weighted by Crippen LogP contribution is 2.25. The topological polar surface area (TPSA) is 90.5 Å². The highest BCUT2D eigenvalue weighted by molar-refractivity contribution is 8.00. The second-order valence-electron chi connectivity index (χ2n) is 10.2. The minimum Gasteiger partial charge on any atom is -0.378 e. The lowest BCUT2D eigenvalue weighted by Crippen LogP contribution is -2.30. The summed E-state index contributed by atoms with van der Waals surface area (Å²) in [5.74, 6) is -0.711.